The van der Waals surface area contributed by atoms with Crippen LogP contribution in [0.2, 0.25) is 0 Å². The van der Waals surface area contributed by atoms with Crippen molar-refractivity contribution in [3.05, 3.63) is 36.8 Å². The summed E-state index contributed by atoms with van der Waals surface area (Å²) in [5.41, 5.74) is 0.391. The van der Waals surface area contributed by atoms with Gasteiger partial charge in [-0.25, -0.2) is 15.0 Å². The van der Waals surface area contributed by atoms with E-state index in [2.05, 4.69) is 25.2 Å². The predicted molar refractivity (Wildman–Crippen MR) is 95.5 cm³/mol. The van der Waals surface area contributed by atoms with Crippen LogP contribution in [0.4, 0.5) is 5.82 Å². The van der Waals surface area contributed by atoms with E-state index in [1.54, 1.807) is 36.9 Å². The lowest BCUT2D eigenvalue weighted by molar-refractivity contribution is 0.0785. The van der Waals surface area contributed by atoms with Crippen LogP contribution in [-0.4, -0.2) is 70.1 Å². The first-order valence-electron chi connectivity index (χ1n) is 8.73. The lowest BCUT2D eigenvalue weighted by Crippen LogP contribution is -2.30. The highest BCUT2D eigenvalue weighted by molar-refractivity contribution is 5.91. The molecular formula is C17H25N7O. The van der Waals surface area contributed by atoms with Crippen molar-refractivity contribution in [1.82, 2.24) is 29.7 Å². The van der Waals surface area contributed by atoms with Gasteiger partial charge in [-0.05, 0) is 19.4 Å². The summed E-state index contributed by atoms with van der Waals surface area (Å²) in [6.07, 6.45) is 10.7. The highest BCUT2D eigenvalue weighted by Crippen LogP contribution is 2.11. The summed E-state index contributed by atoms with van der Waals surface area (Å²) < 4.78 is 2.00. The molecule has 3 rings (SSSR count). The number of aromatic nitrogens is 4. The van der Waals surface area contributed by atoms with Crippen LogP contribution in [0.5, 0.6) is 0 Å². The fourth-order valence-electron chi connectivity index (χ4n) is 2.88. The van der Waals surface area contributed by atoms with Crippen LogP contribution in [0.3, 0.4) is 0 Å². The summed E-state index contributed by atoms with van der Waals surface area (Å²) in [7, 11) is 1.80. The van der Waals surface area contributed by atoms with E-state index in [0.29, 0.717) is 12.2 Å². The van der Waals surface area contributed by atoms with E-state index in [0.717, 1.165) is 51.4 Å². The molecule has 0 bridgehead atoms. The number of nitrogens with zero attached hydrogens (tertiary/aromatic N) is 6. The van der Waals surface area contributed by atoms with Gasteiger partial charge in [0, 0.05) is 52.2 Å². The van der Waals surface area contributed by atoms with Gasteiger partial charge in [0.1, 0.15) is 11.5 Å². The van der Waals surface area contributed by atoms with Gasteiger partial charge in [-0.15, -0.1) is 0 Å². The highest BCUT2D eigenvalue weighted by atomic mass is 16.2. The first-order chi connectivity index (χ1) is 12.2. The molecule has 2 aromatic heterocycles. The van der Waals surface area contributed by atoms with Crippen molar-refractivity contribution in [1.29, 1.82) is 0 Å². The Kier molecular flexibility index (Phi) is 5.95. The van der Waals surface area contributed by atoms with Gasteiger partial charge < -0.3 is 19.7 Å². The zero-order valence-corrected chi connectivity index (χ0v) is 14.6. The number of imidazole rings is 1. The molecule has 1 N–H and O–H groups in total. The molecule has 1 amide bonds. The van der Waals surface area contributed by atoms with Crippen LogP contribution in [0.25, 0.3) is 0 Å². The van der Waals surface area contributed by atoms with Gasteiger partial charge in [0.15, 0.2) is 0 Å². The molecule has 25 heavy (non-hydrogen) atoms. The van der Waals surface area contributed by atoms with E-state index in [9.17, 15) is 4.79 Å². The molecule has 1 fully saturated rings. The summed E-state index contributed by atoms with van der Waals surface area (Å²) in [5.74, 6) is 0.741. The quantitative estimate of drug-likeness (QED) is 0.829. The van der Waals surface area contributed by atoms with E-state index in [-0.39, 0.29) is 5.91 Å². The lowest BCUT2D eigenvalue weighted by Gasteiger charge is -2.21. The molecule has 134 valence electrons. The third-order valence-corrected chi connectivity index (χ3v) is 4.34. The van der Waals surface area contributed by atoms with Crippen molar-refractivity contribution in [3.8, 4) is 0 Å². The molecule has 0 atom stereocenters. The molecule has 0 aromatic carbocycles. The lowest BCUT2D eigenvalue weighted by atomic mass is 10.3. The van der Waals surface area contributed by atoms with Crippen LogP contribution < -0.4 is 10.2 Å². The summed E-state index contributed by atoms with van der Waals surface area (Å²) in [5, 5.41) is 3.36. The van der Waals surface area contributed by atoms with Crippen LogP contribution in [0.1, 0.15) is 23.3 Å². The van der Waals surface area contributed by atoms with Crippen LogP contribution >= 0.6 is 0 Å². The number of rotatable bonds is 6. The second-order valence-corrected chi connectivity index (χ2v) is 6.23. The average molecular weight is 343 g/mol. The Balaban J connectivity index is 1.52. The molecule has 0 radical (unpaired) electrons. The van der Waals surface area contributed by atoms with Crippen LogP contribution in [0.15, 0.2) is 31.1 Å². The molecule has 1 aliphatic rings. The number of hydrogen-bond donors (Lipinski definition) is 1. The number of aryl methyl sites for hydroxylation is 1. The second-order valence-electron chi connectivity index (χ2n) is 6.23. The molecular weight excluding hydrogens is 318 g/mol. The van der Waals surface area contributed by atoms with Gasteiger partial charge in [0.25, 0.3) is 5.91 Å². The summed E-state index contributed by atoms with van der Waals surface area (Å²) >= 11 is 0. The first-order valence-corrected chi connectivity index (χ1v) is 8.73. The fourth-order valence-corrected chi connectivity index (χ4v) is 2.88. The Morgan fingerprint density at radius 2 is 2.20 bits per heavy atom. The molecule has 1 saturated heterocycles. The SMILES string of the molecule is CN(CCCn1ccnc1)C(=O)c1cnc(N2CCCNCC2)cn1. The zero-order chi connectivity index (χ0) is 17.5. The molecule has 1 aliphatic heterocycles. The molecule has 2 aromatic rings. The van der Waals surface area contributed by atoms with Crippen molar-refractivity contribution < 1.29 is 4.79 Å². The highest BCUT2D eigenvalue weighted by Gasteiger charge is 2.15. The first kappa shape index (κ1) is 17.3. The second kappa shape index (κ2) is 8.57. The molecule has 0 saturated carbocycles. The van der Waals surface area contributed by atoms with E-state index in [1.165, 1.54) is 0 Å². The number of amides is 1. The van der Waals surface area contributed by atoms with E-state index in [1.807, 2.05) is 10.8 Å². The van der Waals surface area contributed by atoms with Gasteiger partial charge in [-0.3, -0.25) is 4.79 Å². The van der Waals surface area contributed by atoms with Crippen molar-refractivity contribution >= 4 is 11.7 Å². The monoisotopic (exact) mass is 343 g/mol. The Morgan fingerprint density at radius 1 is 1.28 bits per heavy atom. The minimum absolute atomic E-state index is 0.0952. The maximum atomic E-state index is 12.5. The smallest absolute Gasteiger partial charge is 0.273 e. The molecule has 0 unspecified atom stereocenters. The summed E-state index contributed by atoms with van der Waals surface area (Å²) in [6, 6.07) is 0. The van der Waals surface area contributed by atoms with E-state index in [4.69, 9.17) is 0 Å². The van der Waals surface area contributed by atoms with Gasteiger partial charge in [-0.2, -0.15) is 0 Å². The molecule has 0 spiro atoms. The van der Waals surface area contributed by atoms with Crippen molar-refractivity contribution in [2.24, 2.45) is 0 Å². The molecule has 3 heterocycles. The standard InChI is InChI=1S/C17H25N7O/c1-22(7-3-8-23-10-5-19-14-23)17(25)15-12-21-16(13-20-15)24-9-2-4-18-6-11-24/h5,10,12-14,18H,2-4,6-9,11H2,1H3. The third-order valence-electron chi connectivity index (χ3n) is 4.34. The maximum Gasteiger partial charge on any atom is 0.273 e. The molecule has 8 nitrogen and oxygen atoms in total. The minimum atomic E-state index is -0.0952. The van der Waals surface area contributed by atoms with Gasteiger partial charge in [0.05, 0.1) is 18.7 Å². The van der Waals surface area contributed by atoms with Crippen LogP contribution in [0, 0.1) is 0 Å². The number of anilines is 1. The number of carbonyl (C=O) groups excluding carboxylic acids is 1. The molecule has 0 aliphatic carbocycles. The number of carbonyl (C=O) groups is 1. The minimum Gasteiger partial charge on any atom is -0.354 e. The number of hydrogen-bond acceptors (Lipinski definition) is 6. The van der Waals surface area contributed by atoms with Crippen molar-refractivity contribution in [2.45, 2.75) is 19.4 Å². The topological polar surface area (TPSA) is 79.2 Å². The van der Waals surface area contributed by atoms with Crippen molar-refractivity contribution in [2.75, 3.05) is 44.7 Å². The van der Waals surface area contributed by atoms with Gasteiger partial charge in [-0.1, -0.05) is 0 Å². The van der Waals surface area contributed by atoms with Crippen LogP contribution in [-0.2, 0) is 6.54 Å². The summed E-state index contributed by atoms with van der Waals surface area (Å²) in [4.78, 5) is 29.1. The number of nitrogens with one attached hydrogen (secondary N) is 1. The van der Waals surface area contributed by atoms with Gasteiger partial charge >= 0.3 is 0 Å². The van der Waals surface area contributed by atoms with E-state index < -0.39 is 0 Å². The zero-order valence-electron chi connectivity index (χ0n) is 14.6. The maximum absolute atomic E-state index is 12.5. The normalized spacial score (nSPS) is 15.0. The van der Waals surface area contributed by atoms with Gasteiger partial charge in [0.2, 0.25) is 0 Å². The molecule has 8 heteroatoms. The average Bonchev–Trinajstić information content (AvgIpc) is 3.01. The third kappa shape index (κ3) is 4.76. The van der Waals surface area contributed by atoms with Crippen molar-refractivity contribution in [3.63, 3.8) is 0 Å². The predicted octanol–water partition coefficient (Wildman–Crippen LogP) is 0.635. The Labute approximate surface area is 147 Å². The largest absolute Gasteiger partial charge is 0.354 e. The van der Waals surface area contributed by atoms with E-state index >= 15 is 0 Å². The summed E-state index contributed by atoms with van der Waals surface area (Å²) in [6.45, 7) is 5.36. The Hall–Kier alpha value is -2.48. The Bertz CT molecular complexity index is 648. The Morgan fingerprint density at radius 3 is 2.96 bits per heavy atom. The fraction of sp³-hybridized carbons (Fsp3) is 0.529.